The number of fused-ring (bicyclic) bond motifs is 1. The number of anilines is 2. The van der Waals surface area contributed by atoms with Crippen molar-refractivity contribution in [2.75, 3.05) is 10.6 Å². The highest BCUT2D eigenvalue weighted by Crippen LogP contribution is 2.34. The van der Waals surface area contributed by atoms with Crippen molar-refractivity contribution in [3.8, 4) is 11.6 Å². The highest BCUT2D eigenvalue weighted by atomic mass is 19.4. The molecule has 0 aliphatic heterocycles. The Bertz CT molecular complexity index is 1390. The number of carbonyl (C=O) groups excluding carboxylic acids is 1. The zero-order chi connectivity index (χ0) is 25.2. The molecule has 180 valence electrons. The van der Waals surface area contributed by atoms with E-state index in [0.29, 0.717) is 22.5 Å². The fraction of sp³-hybridized carbons (Fsp3) is 0.154. The molecule has 2 amide bonds. The van der Waals surface area contributed by atoms with Crippen molar-refractivity contribution in [2.45, 2.75) is 26.4 Å². The Morgan fingerprint density at radius 2 is 1.63 bits per heavy atom. The number of aryl methyl sites for hydroxylation is 2. The van der Waals surface area contributed by atoms with Crippen molar-refractivity contribution < 1.29 is 27.1 Å². The second-order valence-corrected chi connectivity index (χ2v) is 7.87. The second kappa shape index (κ2) is 9.61. The van der Waals surface area contributed by atoms with Crippen LogP contribution in [0.1, 0.15) is 23.6 Å². The minimum atomic E-state index is -4.51. The Morgan fingerprint density at radius 1 is 0.943 bits per heavy atom. The van der Waals surface area contributed by atoms with Gasteiger partial charge in [-0.2, -0.15) is 13.2 Å². The van der Waals surface area contributed by atoms with Gasteiger partial charge in [-0.3, -0.25) is 0 Å². The largest absolute Gasteiger partial charge is 0.439 e. The summed E-state index contributed by atoms with van der Waals surface area (Å²) < 4.78 is 59.3. The lowest BCUT2D eigenvalue weighted by Gasteiger charge is -2.14. The molecule has 1 aromatic heterocycles. The van der Waals surface area contributed by atoms with Crippen LogP contribution in [0.15, 0.2) is 66.7 Å². The SMILES string of the molecule is CCc1ccc(NC(=O)Nc2ccc(Oc3ccc4cc(C)c(F)cc4n3)cc2)cc1C(F)(F)F. The van der Waals surface area contributed by atoms with E-state index < -0.39 is 17.8 Å². The lowest BCUT2D eigenvalue weighted by atomic mass is 10.0. The van der Waals surface area contributed by atoms with Crippen LogP contribution < -0.4 is 15.4 Å². The third-order valence-electron chi connectivity index (χ3n) is 5.33. The van der Waals surface area contributed by atoms with E-state index in [0.717, 1.165) is 11.5 Å². The average Bonchev–Trinajstić information content (AvgIpc) is 2.80. The molecule has 4 aromatic rings. The molecule has 0 atom stereocenters. The van der Waals surface area contributed by atoms with E-state index in [4.69, 9.17) is 4.74 Å². The lowest BCUT2D eigenvalue weighted by Crippen LogP contribution is -2.20. The number of nitrogens with one attached hydrogen (secondary N) is 2. The number of pyridine rings is 1. The molecule has 0 spiro atoms. The van der Waals surface area contributed by atoms with Gasteiger partial charge in [-0.05, 0) is 73.0 Å². The summed E-state index contributed by atoms with van der Waals surface area (Å²) in [5.74, 6) is 0.349. The van der Waals surface area contributed by atoms with Crippen LogP contribution in [0.5, 0.6) is 11.6 Å². The highest BCUT2D eigenvalue weighted by molar-refractivity contribution is 5.99. The molecule has 2 N–H and O–H groups in total. The molecule has 0 radical (unpaired) electrons. The zero-order valence-electron chi connectivity index (χ0n) is 18.8. The predicted octanol–water partition coefficient (Wildman–Crippen LogP) is 7.70. The van der Waals surface area contributed by atoms with E-state index in [1.165, 1.54) is 18.2 Å². The van der Waals surface area contributed by atoms with Gasteiger partial charge in [0.15, 0.2) is 0 Å². The molecule has 0 aliphatic carbocycles. The summed E-state index contributed by atoms with van der Waals surface area (Å²) in [6, 6.07) is 15.8. The van der Waals surface area contributed by atoms with Crippen molar-refractivity contribution in [1.82, 2.24) is 4.98 Å². The van der Waals surface area contributed by atoms with Crippen molar-refractivity contribution in [2.24, 2.45) is 0 Å². The normalized spacial score (nSPS) is 11.4. The van der Waals surface area contributed by atoms with Crippen LogP contribution in [0, 0.1) is 12.7 Å². The van der Waals surface area contributed by atoms with Gasteiger partial charge in [0, 0.05) is 28.9 Å². The van der Waals surface area contributed by atoms with E-state index in [-0.39, 0.29) is 29.4 Å². The molecular formula is C26H21F4N3O2. The predicted molar refractivity (Wildman–Crippen MR) is 126 cm³/mol. The summed E-state index contributed by atoms with van der Waals surface area (Å²) in [6.07, 6.45) is -4.29. The van der Waals surface area contributed by atoms with Crippen molar-refractivity contribution in [1.29, 1.82) is 0 Å². The van der Waals surface area contributed by atoms with Crippen molar-refractivity contribution in [3.63, 3.8) is 0 Å². The molecule has 0 saturated heterocycles. The topological polar surface area (TPSA) is 63.2 Å². The highest BCUT2D eigenvalue weighted by Gasteiger charge is 2.33. The number of rotatable bonds is 5. The molecule has 4 rings (SSSR count). The van der Waals surface area contributed by atoms with Gasteiger partial charge in [0.05, 0.1) is 11.1 Å². The Hall–Kier alpha value is -4.14. The molecule has 5 nitrogen and oxygen atoms in total. The molecule has 0 saturated carbocycles. The van der Waals surface area contributed by atoms with Gasteiger partial charge in [-0.1, -0.05) is 13.0 Å². The first kappa shape index (κ1) is 24.0. The van der Waals surface area contributed by atoms with Crippen molar-refractivity contribution >= 4 is 28.3 Å². The first-order chi connectivity index (χ1) is 16.6. The number of alkyl halides is 3. The second-order valence-electron chi connectivity index (χ2n) is 7.87. The van der Waals surface area contributed by atoms with Crippen LogP contribution in [-0.4, -0.2) is 11.0 Å². The minimum absolute atomic E-state index is 0.0287. The Labute approximate surface area is 198 Å². The van der Waals surface area contributed by atoms with E-state index in [1.807, 2.05) is 0 Å². The number of hydrogen-bond acceptors (Lipinski definition) is 3. The molecule has 0 unspecified atom stereocenters. The van der Waals surface area contributed by atoms with Crippen LogP contribution in [0.3, 0.4) is 0 Å². The number of aromatic nitrogens is 1. The summed E-state index contributed by atoms with van der Waals surface area (Å²) in [5, 5.41) is 5.76. The third-order valence-corrected chi connectivity index (χ3v) is 5.33. The Balaban J connectivity index is 1.41. The fourth-order valence-corrected chi connectivity index (χ4v) is 3.54. The van der Waals surface area contributed by atoms with Gasteiger partial charge in [-0.15, -0.1) is 0 Å². The van der Waals surface area contributed by atoms with Gasteiger partial charge in [-0.25, -0.2) is 14.2 Å². The Morgan fingerprint density at radius 3 is 2.31 bits per heavy atom. The number of halogens is 4. The van der Waals surface area contributed by atoms with Crippen LogP contribution in [0.4, 0.5) is 33.7 Å². The van der Waals surface area contributed by atoms with Gasteiger partial charge in [0.25, 0.3) is 0 Å². The molecule has 0 aliphatic rings. The Kier molecular flexibility index (Phi) is 6.59. The molecule has 0 fully saturated rings. The van der Waals surface area contributed by atoms with Gasteiger partial charge in [0.2, 0.25) is 5.88 Å². The summed E-state index contributed by atoms with van der Waals surface area (Å²) in [4.78, 5) is 16.6. The maximum absolute atomic E-state index is 13.8. The number of urea groups is 1. The van der Waals surface area contributed by atoms with E-state index in [9.17, 15) is 22.4 Å². The number of amides is 2. The quantitative estimate of drug-likeness (QED) is 0.286. The number of hydrogen-bond donors (Lipinski definition) is 2. The maximum Gasteiger partial charge on any atom is 0.416 e. The van der Waals surface area contributed by atoms with Crippen LogP contribution in [0.25, 0.3) is 10.9 Å². The number of benzene rings is 3. The number of carbonyl (C=O) groups is 1. The van der Waals surface area contributed by atoms with Gasteiger partial charge < -0.3 is 15.4 Å². The molecular weight excluding hydrogens is 462 g/mol. The molecule has 1 heterocycles. The van der Waals surface area contributed by atoms with Crippen LogP contribution in [-0.2, 0) is 12.6 Å². The standard InChI is InChI=1S/C26H21F4N3O2/c1-3-16-4-6-19(13-21(16)26(28,29)30)32-25(34)31-18-7-9-20(10-8-18)35-24-11-5-17-12-15(2)22(27)14-23(17)33-24/h4-14H,3H2,1-2H3,(H2,31,32,34). The van der Waals surface area contributed by atoms with E-state index >= 15 is 0 Å². The van der Waals surface area contributed by atoms with Crippen LogP contribution in [0.2, 0.25) is 0 Å². The third kappa shape index (κ3) is 5.68. The zero-order valence-corrected chi connectivity index (χ0v) is 18.8. The smallest absolute Gasteiger partial charge is 0.416 e. The average molecular weight is 483 g/mol. The van der Waals surface area contributed by atoms with Gasteiger partial charge >= 0.3 is 12.2 Å². The minimum Gasteiger partial charge on any atom is -0.439 e. The summed E-state index contributed by atoms with van der Waals surface area (Å²) in [7, 11) is 0. The van der Waals surface area contributed by atoms with Crippen molar-refractivity contribution in [3.05, 3.63) is 89.2 Å². The molecule has 9 heteroatoms. The van der Waals surface area contributed by atoms with Crippen LogP contribution >= 0.6 is 0 Å². The molecule has 0 bridgehead atoms. The monoisotopic (exact) mass is 483 g/mol. The lowest BCUT2D eigenvalue weighted by molar-refractivity contribution is -0.138. The fourth-order valence-electron chi connectivity index (χ4n) is 3.54. The first-order valence-corrected chi connectivity index (χ1v) is 10.8. The summed E-state index contributed by atoms with van der Waals surface area (Å²) in [6.45, 7) is 3.31. The summed E-state index contributed by atoms with van der Waals surface area (Å²) in [5.41, 5.74) is 0.792. The molecule has 3 aromatic carbocycles. The molecule has 35 heavy (non-hydrogen) atoms. The summed E-state index contributed by atoms with van der Waals surface area (Å²) >= 11 is 0. The first-order valence-electron chi connectivity index (χ1n) is 10.8. The van der Waals surface area contributed by atoms with E-state index in [2.05, 4.69) is 15.6 Å². The number of ether oxygens (including phenoxy) is 1. The number of nitrogens with zero attached hydrogens (tertiary/aromatic N) is 1. The maximum atomic E-state index is 13.8. The van der Waals surface area contributed by atoms with Gasteiger partial charge in [0.1, 0.15) is 11.6 Å². The van der Waals surface area contributed by atoms with E-state index in [1.54, 1.807) is 56.3 Å².